The van der Waals surface area contributed by atoms with Crippen molar-refractivity contribution in [3.05, 3.63) is 0 Å². The van der Waals surface area contributed by atoms with Gasteiger partial charge in [0, 0.05) is 13.2 Å². The zero-order valence-electron chi connectivity index (χ0n) is 13.0. The van der Waals surface area contributed by atoms with E-state index in [-0.39, 0.29) is 6.42 Å². The van der Waals surface area contributed by atoms with E-state index in [9.17, 15) is 48.3 Å². The predicted octanol–water partition coefficient (Wildman–Crippen LogP) is 5.07. The molecular weight excluding hydrogens is 397 g/mol. The summed E-state index contributed by atoms with van der Waals surface area (Å²) in [5.41, 5.74) is 0. The van der Waals surface area contributed by atoms with E-state index in [1.54, 1.807) is 0 Å². The van der Waals surface area contributed by atoms with E-state index in [2.05, 4.69) is 4.74 Å². The first-order valence-corrected chi connectivity index (χ1v) is 7.35. The minimum Gasteiger partial charge on any atom is -0.378 e. The molecule has 1 rings (SSSR count). The largest absolute Gasteiger partial charge is 0.460 e. The predicted molar refractivity (Wildman–Crippen MR) is 64.9 cm³/mol. The van der Waals surface area contributed by atoms with Gasteiger partial charge in [-0.15, -0.1) is 0 Å². The van der Waals surface area contributed by atoms with Gasteiger partial charge in [0.15, 0.2) is 0 Å². The quantitative estimate of drug-likeness (QED) is 0.410. The van der Waals surface area contributed by atoms with E-state index >= 15 is 0 Å². The number of hydrogen-bond donors (Lipinski definition) is 0. The van der Waals surface area contributed by atoms with Gasteiger partial charge in [-0.1, -0.05) is 0 Å². The Labute approximate surface area is 140 Å². The standard InChI is InChI=1S/C13H15F11O2/c14-9(15,7-25-6-4-8-3-1-2-5-26-8)10(16,17)11(18,19)12(20,21)13(22,23)24/h8H,1-7H2. The Morgan fingerprint density at radius 2 is 1.35 bits per heavy atom. The molecule has 0 aromatic heterocycles. The van der Waals surface area contributed by atoms with E-state index in [4.69, 9.17) is 4.74 Å². The molecule has 0 N–H and O–H groups in total. The zero-order valence-corrected chi connectivity index (χ0v) is 13.0. The van der Waals surface area contributed by atoms with Crippen LogP contribution in [0.15, 0.2) is 0 Å². The highest BCUT2D eigenvalue weighted by Crippen LogP contribution is 2.57. The lowest BCUT2D eigenvalue weighted by Gasteiger charge is -2.37. The molecule has 2 nitrogen and oxygen atoms in total. The van der Waals surface area contributed by atoms with Crippen molar-refractivity contribution in [3.63, 3.8) is 0 Å². The highest BCUT2D eigenvalue weighted by molar-refractivity contribution is 5.06. The molecule has 1 aliphatic rings. The van der Waals surface area contributed by atoms with E-state index < -0.39 is 49.2 Å². The second-order valence-corrected chi connectivity index (χ2v) is 5.76. The van der Waals surface area contributed by atoms with Crippen molar-refractivity contribution in [1.29, 1.82) is 0 Å². The van der Waals surface area contributed by atoms with E-state index in [0.29, 0.717) is 13.0 Å². The number of halogens is 11. The molecule has 1 atom stereocenters. The molecular formula is C13H15F11O2. The minimum absolute atomic E-state index is 0.0588. The maximum absolute atomic E-state index is 13.3. The summed E-state index contributed by atoms with van der Waals surface area (Å²) in [6.45, 7) is -2.74. The highest BCUT2D eigenvalue weighted by Gasteiger charge is 2.87. The van der Waals surface area contributed by atoms with Crippen LogP contribution in [0.4, 0.5) is 48.3 Å². The summed E-state index contributed by atoms with van der Waals surface area (Å²) >= 11 is 0. The summed E-state index contributed by atoms with van der Waals surface area (Å²) in [5.74, 6) is -27.8. The van der Waals surface area contributed by atoms with Crippen molar-refractivity contribution in [1.82, 2.24) is 0 Å². The average molecular weight is 412 g/mol. The fourth-order valence-corrected chi connectivity index (χ4v) is 2.15. The van der Waals surface area contributed by atoms with Crippen LogP contribution < -0.4 is 0 Å². The number of alkyl halides is 11. The highest BCUT2D eigenvalue weighted by atomic mass is 19.4. The Kier molecular flexibility index (Phi) is 6.82. The van der Waals surface area contributed by atoms with Crippen molar-refractivity contribution in [2.75, 3.05) is 19.8 Å². The molecule has 1 aliphatic heterocycles. The molecule has 1 saturated heterocycles. The van der Waals surface area contributed by atoms with Gasteiger partial charge in [-0.3, -0.25) is 0 Å². The lowest BCUT2D eigenvalue weighted by molar-refractivity contribution is -0.424. The number of hydrogen-bond acceptors (Lipinski definition) is 2. The molecule has 0 saturated carbocycles. The fourth-order valence-electron chi connectivity index (χ4n) is 2.15. The second kappa shape index (κ2) is 7.64. The van der Waals surface area contributed by atoms with Crippen LogP contribution in [0.25, 0.3) is 0 Å². The third kappa shape index (κ3) is 4.34. The smallest absolute Gasteiger partial charge is 0.378 e. The summed E-state index contributed by atoms with van der Waals surface area (Å²) in [7, 11) is 0. The van der Waals surface area contributed by atoms with Gasteiger partial charge >= 0.3 is 29.9 Å². The maximum Gasteiger partial charge on any atom is 0.460 e. The van der Waals surface area contributed by atoms with Crippen LogP contribution in [-0.2, 0) is 9.47 Å². The molecule has 0 aromatic rings. The van der Waals surface area contributed by atoms with Crippen molar-refractivity contribution in [2.45, 2.75) is 61.7 Å². The monoisotopic (exact) mass is 412 g/mol. The molecule has 0 bridgehead atoms. The van der Waals surface area contributed by atoms with Gasteiger partial charge < -0.3 is 9.47 Å². The van der Waals surface area contributed by atoms with Gasteiger partial charge in [-0.05, 0) is 25.7 Å². The van der Waals surface area contributed by atoms with Gasteiger partial charge in [-0.25, -0.2) is 0 Å². The van der Waals surface area contributed by atoms with Gasteiger partial charge in [0.05, 0.1) is 6.10 Å². The van der Waals surface area contributed by atoms with Crippen LogP contribution in [0.3, 0.4) is 0 Å². The molecule has 0 aromatic carbocycles. The molecule has 0 amide bonds. The van der Waals surface area contributed by atoms with Crippen LogP contribution in [0.2, 0.25) is 0 Å². The molecule has 0 radical (unpaired) electrons. The summed E-state index contributed by atoms with van der Waals surface area (Å²) in [6.07, 6.45) is -5.63. The lowest BCUT2D eigenvalue weighted by Crippen LogP contribution is -2.67. The van der Waals surface area contributed by atoms with Crippen LogP contribution in [-0.4, -0.2) is 55.8 Å². The first-order valence-electron chi connectivity index (χ1n) is 7.35. The molecule has 0 spiro atoms. The fraction of sp³-hybridized carbons (Fsp3) is 1.00. The van der Waals surface area contributed by atoms with Crippen molar-refractivity contribution in [2.24, 2.45) is 0 Å². The van der Waals surface area contributed by atoms with Gasteiger partial charge in [0.2, 0.25) is 0 Å². The molecule has 26 heavy (non-hydrogen) atoms. The molecule has 156 valence electrons. The van der Waals surface area contributed by atoms with Crippen LogP contribution in [0.5, 0.6) is 0 Å². The molecule has 1 heterocycles. The Balaban J connectivity index is 2.74. The molecule has 1 fully saturated rings. The lowest BCUT2D eigenvalue weighted by atomic mass is 9.98. The minimum atomic E-state index is -7.39. The first-order chi connectivity index (χ1) is 11.6. The Bertz CT molecular complexity index is 455. The van der Waals surface area contributed by atoms with Crippen molar-refractivity contribution >= 4 is 0 Å². The van der Waals surface area contributed by atoms with Crippen LogP contribution in [0, 0.1) is 0 Å². The first kappa shape index (κ1) is 23.2. The van der Waals surface area contributed by atoms with E-state index in [1.807, 2.05) is 0 Å². The van der Waals surface area contributed by atoms with Crippen molar-refractivity contribution < 1.29 is 57.8 Å². The molecule has 13 heteroatoms. The van der Waals surface area contributed by atoms with Gasteiger partial charge in [0.1, 0.15) is 6.61 Å². The van der Waals surface area contributed by atoms with E-state index in [1.165, 1.54) is 0 Å². The Morgan fingerprint density at radius 1 is 0.769 bits per heavy atom. The number of ether oxygens (including phenoxy) is 2. The third-order valence-corrected chi connectivity index (χ3v) is 3.75. The summed E-state index contributed by atoms with van der Waals surface area (Å²) in [6, 6.07) is 0. The average Bonchev–Trinajstić information content (AvgIpc) is 2.51. The van der Waals surface area contributed by atoms with Crippen LogP contribution >= 0.6 is 0 Å². The SMILES string of the molecule is FC(F)(F)C(F)(F)C(F)(F)C(F)(F)C(F)(F)COCCC1CCCCO1. The third-order valence-electron chi connectivity index (χ3n) is 3.75. The topological polar surface area (TPSA) is 18.5 Å². The van der Waals surface area contributed by atoms with Gasteiger partial charge in [0.25, 0.3) is 0 Å². The van der Waals surface area contributed by atoms with Crippen LogP contribution in [0.1, 0.15) is 25.7 Å². The maximum atomic E-state index is 13.3. The zero-order chi connectivity index (χ0) is 20.4. The summed E-state index contributed by atoms with van der Waals surface area (Å²) in [4.78, 5) is 0. The normalized spacial score (nSPS) is 21.1. The molecule has 0 aliphatic carbocycles. The van der Waals surface area contributed by atoms with Crippen molar-refractivity contribution in [3.8, 4) is 0 Å². The van der Waals surface area contributed by atoms with E-state index in [0.717, 1.165) is 12.8 Å². The number of rotatable bonds is 8. The second-order valence-electron chi connectivity index (χ2n) is 5.76. The summed E-state index contributed by atoms with van der Waals surface area (Å²) in [5, 5.41) is 0. The Morgan fingerprint density at radius 3 is 1.81 bits per heavy atom. The Hall–Kier alpha value is -0.850. The van der Waals surface area contributed by atoms with Gasteiger partial charge in [-0.2, -0.15) is 48.3 Å². The molecule has 1 unspecified atom stereocenters. The summed E-state index contributed by atoms with van der Waals surface area (Å²) < 4.78 is 149.